The lowest BCUT2D eigenvalue weighted by Crippen LogP contribution is -2.49. The number of thioether (sulfide) groups is 2. The van der Waals surface area contributed by atoms with Crippen molar-refractivity contribution < 1.29 is 39.3 Å². The largest absolute Gasteiger partial charge is 0.480 e. The van der Waals surface area contributed by atoms with E-state index in [1.165, 1.54) is 6.92 Å². The Morgan fingerprint density at radius 3 is 1.43 bits per heavy atom. The Kier molecular flexibility index (Phi) is 27.0. The number of hydrogen-bond acceptors (Lipinski definition) is 13. The highest BCUT2D eigenvalue weighted by atomic mass is 32.2. The van der Waals surface area contributed by atoms with E-state index in [0.717, 1.165) is 11.1 Å². The van der Waals surface area contributed by atoms with E-state index in [1.54, 1.807) is 38.2 Å². The number of rotatable bonds is 18. The van der Waals surface area contributed by atoms with Crippen LogP contribution < -0.4 is 16.8 Å². The molecule has 0 saturated carbocycles. The van der Waals surface area contributed by atoms with Gasteiger partial charge in [0.05, 0.1) is 32.2 Å². The first-order valence-corrected chi connectivity index (χ1v) is 19.7. The van der Waals surface area contributed by atoms with E-state index in [0.29, 0.717) is 87.6 Å². The van der Waals surface area contributed by atoms with Crippen molar-refractivity contribution in [2.75, 3.05) is 102 Å². The third-order valence-corrected chi connectivity index (χ3v) is 9.54. The number of benzene rings is 1. The second-order valence-electron chi connectivity index (χ2n) is 11.5. The lowest BCUT2D eigenvalue weighted by Gasteiger charge is -2.32. The summed E-state index contributed by atoms with van der Waals surface area (Å²) in [6.45, 7) is 12.0. The molecule has 0 spiro atoms. The summed E-state index contributed by atoms with van der Waals surface area (Å²) in [5.74, 6) is -0.624. The quantitative estimate of drug-likeness (QED) is 0.0917. The summed E-state index contributed by atoms with van der Waals surface area (Å²) in [6, 6.07) is 5.43. The molecular formula is C34H61N7O8S2. The molecule has 51 heavy (non-hydrogen) atoms. The maximum absolute atomic E-state index is 12.9. The van der Waals surface area contributed by atoms with Crippen molar-refractivity contribution in [2.45, 2.75) is 52.2 Å². The molecule has 1 aliphatic heterocycles. The highest BCUT2D eigenvalue weighted by Gasteiger charge is 2.21. The van der Waals surface area contributed by atoms with E-state index in [4.69, 9.17) is 11.5 Å². The van der Waals surface area contributed by atoms with Crippen molar-refractivity contribution >= 4 is 58.8 Å². The lowest BCUT2D eigenvalue weighted by atomic mass is 10.1. The molecule has 17 heteroatoms. The van der Waals surface area contributed by atoms with Crippen LogP contribution >= 0.6 is 23.5 Å². The fourth-order valence-corrected chi connectivity index (χ4v) is 6.68. The topological polar surface area (TPSA) is 223 Å². The van der Waals surface area contributed by atoms with Gasteiger partial charge < -0.3 is 32.1 Å². The van der Waals surface area contributed by atoms with Crippen molar-refractivity contribution in [3.05, 3.63) is 29.3 Å². The number of nitrogen functional groups attached to an aromatic ring is 1. The van der Waals surface area contributed by atoms with Crippen molar-refractivity contribution in [3.8, 4) is 0 Å². The predicted octanol–water partition coefficient (Wildman–Crippen LogP) is 1.30. The SMILES string of the molecule is CC.CC.CC(=O)[C@@H](N)CSCc1cc(N)cc(CSCCNC(=O)CN2CCN(CC(=O)O)CCN(CC(=O)O)CCN(CC(=O)O)CC2)c1. The van der Waals surface area contributed by atoms with Gasteiger partial charge in [-0.25, -0.2) is 0 Å². The summed E-state index contributed by atoms with van der Waals surface area (Å²) in [4.78, 5) is 65.5. The molecule has 0 bridgehead atoms. The number of amides is 1. The van der Waals surface area contributed by atoms with Gasteiger partial charge in [0.1, 0.15) is 5.78 Å². The van der Waals surface area contributed by atoms with Crippen LogP contribution in [-0.2, 0) is 35.5 Å². The summed E-state index contributed by atoms with van der Waals surface area (Å²) >= 11 is 3.24. The first-order chi connectivity index (χ1) is 24.3. The Hall–Kier alpha value is -2.93. The number of nitrogens with two attached hydrogens (primary N) is 2. The molecule has 1 saturated heterocycles. The number of Topliss-reactive ketones (excluding diaryl/α,β-unsaturated/α-hetero) is 1. The van der Waals surface area contributed by atoms with E-state index in [9.17, 15) is 39.3 Å². The molecule has 1 aromatic rings. The number of carboxylic acid groups (broad SMARTS) is 3. The van der Waals surface area contributed by atoms with Gasteiger partial charge in [0.2, 0.25) is 5.91 Å². The van der Waals surface area contributed by atoms with Crippen molar-refractivity contribution in [2.24, 2.45) is 5.73 Å². The van der Waals surface area contributed by atoms with Crippen LogP contribution in [-0.4, -0.2) is 167 Å². The normalized spacial score (nSPS) is 15.8. The van der Waals surface area contributed by atoms with Gasteiger partial charge in [-0.3, -0.25) is 43.6 Å². The first kappa shape index (κ1) is 48.1. The Balaban J connectivity index is 0.00000602. The molecule has 1 amide bonds. The van der Waals surface area contributed by atoms with Crippen LogP contribution in [0.3, 0.4) is 0 Å². The molecule has 1 aliphatic rings. The van der Waals surface area contributed by atoms with Crippen LogP contribution in [0.25, 0.3) is 0 Å². The number of nitrogens with one attached hydrogen (secondary N) is 1. The number of nitrogens with zero attached hydrogens (tertiary/aromatic N) is 4. The van der Waals surface area contributed by atoms with Gasteiger partial charge in [0.25, 0.3) is 0 Å². The highest BCUT2D eigenvalue weighted by molar-refractivity contribution is 7.98. The zero-order valence-corrected chi connectivity index (χ0v) is 32.6. The third kappa shape index (κ3) is 24.0. The van der Waals surface area contributed by atoms with Crippen LogP contribution in [0.1, 0.15) is 45.7 Å². The lowest BCUT2D eigenvalue weighted by molar-refractivity contribution is -0.140. The summed E-state index contributed by atoms with van der Waals surface area (Å²) < 4.78 is 0. The Labute approximate surface area is 311 Å². The van der Waals surface area contributed by atoms with Gasteiger partial charge in [-0.05, 0) is 30.2 Å². The van der Waals surface area contributed by atoms with Gasteiger partial charge in [0.15, 0.2) is 0 Å². The Morgan fingerprint density at radius 2 is 1.06 bits per heavy atom. The average Bonchev–Trinajstić information content (AvgIpc) is 3.06. The predicted molar refractivity (Wildman–Crippen MR) is 206 cm³/mol. The second-order valence-corrected chi connectivity index (χ2v) is 13.6. The number of anilines is 1. The van der Waals surface area contributed by atoms with Crippen molar-refractivity contribution in [3.63, 3.8) is 0 Å². The van der Waals surface area contributed by atoms with Crippen LogP contribution in [0, 0.1) is 0 Å². The van der Waals surface area contributed by atoms with Crippen LogP contribution in [0.5, 0.6) is 0 Å². The second kappa shape index (κ2) is 28.6. The van der Waals surface area contributed by atoms with Crippen LogP contribution in [0.15, 0.2) is 18.2 Å². The average molecular weight is 760 g/mol. The number of aliphatic carboxylic acids is 3. The summed E-state index contributed by atoms with van der Waals surface area (Å²) in [7, 11) is 0. The summed E-state index contributed by atoms with van der Waals surface area (Å²) in [6.07, 6.45) is 0. The molecule has 1 aromatic carbocycles. The number of carboxylic acids is 3. The van der Waals surface area contributed by atoms with Crippen LogP contribution in [0.4, 0.5) is 5.69 Å². The van der Waals surface area contributed by atoms with Gasteiger partial charge in [0, 0.05) is 87.6 Å². The third-order valence-electron chi connectivity index (χ3n) is 7.37. The van der Waals surface area contributed by atoms with E-state index in [-0.39, 0.29) is 37.9 Å². The first-order valence-electron chi connectivity index (χ1n) is 17.4. The fourth-order valence-electron chi connectivity index (χ4n) is 4.88. The number of ketones is 1. The van der Waals surface area contributed by atoms with E-state index in [2.05, 4.69) is 11.4 Å². The Morgan fingerprint density at radius 1 is 0.686 bits per heavy atom. The van der Waals surface area contributed by atoms with Gasteiger partial charge in [-0.15, -0.1) is 0 Å². The highest BCUT2D eigenvalue weighted by Crippen LogP contribution is 2.21. The summed E-state index contributed by atoms with van der Waals surface area (Å²) in [5.41, 5.74) is 14.7. The number of carbonyl (C=O) groups excluding carboxylic acids is 2. The van der Waals surface area contributed by atoms with E-state index < -0.39 is 23.9 Å². The smallest absolute Gasteiger partial charge is 0.317 e. The molecule has 1 heterocycles. The molecule has 1 atom stereocenters. The van der Waals surface area contributed by atoms with Gasteiger partial charge in [-0.1, -0.05) is 33.8 Å². The minimum atomic E-state index is -1.01. The zero-order chi connectivity index (χ0) is 38.8. The zero-order valence-electron chi connectivity index (χ0n) is 31.0. The number of carbonyl (C=O) groups is 5. The Bertz CT molecular complexity index is 1170. The molecule has 0 aromatic heterocycles. The van der Waals surface area contributed by atoms with Crippen molar-refractivity contribution in [1.82, 2.24) is 24.9 Å². The fraction of sp³-hybridized carbons (Fsp3) is 0.676. The van der Waals surface area contributed by atoms with Gasteiger partial charge >= 0.3 is 17.9 Å². The molecular weight excluding hydrogens is 699 g/mol. The van der Waals surface area contributed by atoms with Crippen molar-refractivity contribution in [1.29, 1.82) is 0 Å². The molecule has 0 unspecified atom stereocenters. The molecule has 292 valence electrons. The standard InChI is InChI=1S/C30H49N7O8S2.2C2H6/c1-22(38)26(32)21-47-20-24-12-23(13-25(31)14-24)19-46-11-2-33-27(39)15-34-3-5-35(16-28(40)41)7-9-37(18-30(44)45)10-8-36(6-4-34)17-29(42)43;2*1-2/h12-14,26H,2-11,15-21,31-32H2,1H3,(H,33,39)(H,40,41)(H,42,43)(H,44,45);2*1-2H3/t26-;;/m0../s1. The number of hydrogen-bond donors (Lipinski definition) is 6. The monoisotopic (exact) mass is 759 g/mol. The van der Waals surface area contributed by atoms with Gasteiger partial charge in [-0.2, -0.15) is 23.5 Å². The maximum atomic E-state index is 12.9. The molecule has 15 nitrogen and oxygen atoms in total. The molecule has 0 radical (unpaired) electrons. The minimum Gasteiger partial charge on any atom is -0.480 e. The molecule has 1 fully saturated rings. The molecule has 0 aliphatic carbocycles. The molecule has 2 rings (SSSR count). The molecule has 8 N–H and O–H groups in total. The maximum Gasteiger partial charge on any atom is 0.317 e. The van der Waals surface area contributed by atoms with Crippen LogP contribution in [0.2, 0.25) is 0 Å². The summed E-state index contributed by atoms with van der Waals surface area (Å²) in [5, 5.41) is 31.0. The van der Waals surface area contributed by atoms with E-state index in [1.807, 2.05) is 44.7 Å². The minimum absolute atomic E-state index is 0.0370. The van der Waals surface area contributed by atoms with E-state index >= 15 is 0 Å².